The van der Waals surface area contributed by atoms with Crippen LogP contribution in [0, 0.1) is 0 Å². The first-order valence-electron chi connectivity index (χ1n) is 10.6. The Labute approximate surface area is 183 Å². The Morgan fingerprint density at radius 3 is 2.25 bits per heavy atom. The summed E-state index contributed by atoms with van der Waals surface area (Å²) in [6.07, 6.45) is 0.302. The molecule has 1 aromatic carbocycles. The first-order chi connectivity index (χ1) is 15.1. The number of H-pyrrole nitrogens is 1. The van der Waals surface area contributed by atoms with Gasteiger partial charge in [0.1, 0.15) is 4.90 Å². The molecule has 1 saturated carbocycles. The molecule has 2 heterocycles. The van der Waals surface area contributed by atoms with Crippen LogP contribution in [0.15, 0.2) is 17.0 Å². The summed E-state index contributed by atoms with van der Waals surface area (Å²) in [6.45, 7) is 1.98. The fourth-order valence-electron chi connectivity index (χ4n) is 4.85. The minimum Gasteiger partial charge on any atom is -0.317 e. The monoisotopic (exact) mass is 473 g/mol. The minimum absolute atomic E-state index is 0.141. The molecule has 0 bridgehead atoms. The van der Waals surface area contributed by atoms with Crippen LogP contribution in [-0.4, -0.2) is 54.2 Å². The lowest BCUT2D eigenvalue weighted by molar-refractivity contribution is -0.139. The van der Waals surface area contributed by atoms with E-state index in [-0.39, 0.29) is 17.3 Å². The molecule has 9 nitrogen and oxygen atoms in total. The number of alkyl halides is 3. The van der Waals surface area contributed by atoms with Gasteiger partial charge in [-0.1, -0.05) is 6.07 Å². The SMILES string of the molecule is NS(=O)(=O)c1c(C(F)(F)F)ccc(C2CCC(NC3CCNCC3)CC2)c1-c1nn[nH]n1. The molecule has 0 unspecified atom stereocenters. The molecule has 0 radical (unpaired) electrons. The van der Waals surface area contributed by atoms with Crippen molar-refractivity contribution < 1.29 is 21.6 Å². The van der Waals surface area contributed by atoms with E-state index >= 15 is 0 Å². The Kier molecular flexibility index (Phi) is 6.52. The third-order valence-electron chi connectivity index (χ3n) is 6.33. The summed E-state index contributed by atoms with van der Waals surface area (Å²) in [7, 11) is -4.72. The number of rotatable bonds is 5. The van der Waals surface area contributed by atoms with E-state index in [1.807, 2.05) is 0 Å². The topological polar surface area (TPSA) is 139 Å². The predicted molar refractivity (Wildman–Crippen MR) is 110 cm³/mol. The van der Waals surface area contributed by atoms with Crippen molar-refractivity contribution in [2.75, 3.05) is 13.1 Å². The van der Waals surface area contributed by atoms with Crippen molar-refractivity contribution in [3.05, 3.63) is 23.3 Å². The zero-order valence-electron chi connectivity index (χ0n) is 17.3. The fraction of sp³-hybridized carbons (Fsp3) is 0.632. The highest BCUT2D eigenvalue weighted by molar-refractivity contribution is 7.89. The van der Waals surface area contributed by atoms with Crippen LogP contribution in [0.4, 0.5) is 13.2 Å². The number of primary sulfonamides is 1. The van der Waals surface area contributed by atoms with Crippen LogP contribution in [0.2, 0.25) is 0 Å². The lowest BCUT2D eigenvalue weighted by Crippen LogP contribution is -2.45. The number of sulfonamides is 1. The number of halogens is 3. The quantitative estimate of drug-likeness (QED) is 0.520. The summed E-state index contributed by atoms with van der Waals surface area (Å²) in [5.74, 6) is -0.359. The fourth-order valence-corrected chi connectivity index (χ4v) is 5.83. The molecule has 32 heavy (non-hydrogen) atoms. The second-order valence-electron chi connectivity index (χ2n) is 8.42. The molecule has 1 aliphatic heterocycles. The van der Waals surface area contributed by atoms with Crippen LogP contribution in [0.25, 0.3) is 11.4 Å². The summed E-state index contributed by atoms with van der Waals surface area (Å²) in [4.78, 5) is -1.00. The lowest BCUT2D eigenvalue weighted by atomic mass is 9.79. The van der Waals surface area contributed by atoms with E-state index in [1.165, 1.54) is 6.07 Å². The van der Waals surface area contributed by atoms with Crippen molar-refractivity contribution in [1.29, 1.82) is 0 Å². The second kappa shape index (κ2) is 9.04. The zero-order chi connectivity index (χ0) is 22.9. The number of benzene rings is 1. The number of tetrazole rings is 1. The molecule has 2 aliphatic rings. The number of piperidine rings is 1. The average Bonchev–Trinajstić information content (AvgIpc) is 3.27. The first kappa shape index (κ1) is 23.1. The van der Waals surface area contributed by atoms with Gasteiger partial charge in [-0.3, -0.25) is 0 Å². The Bertz CT molecular complexity index is 1030. The van der Waals surface area contributed by atoms with Gasteiger partial charge in [0, 0.05) is 17.6 Å². The molecule has 1 aliphatic carbocycles. The van der Waals surface area contributed by atoms with Crippen molar-refractivity contribution >= 4 is 10.0 Å². The van der Waals surface area contributed by atoms with E-state index in [0.717, 1.165) is 44.8 Å². The van der Waals surface area contributed by atoms with E-state index in [9.17, 15) is 21.6 Å². The summed E-state index contributed by atoms with van der Waals surface area (Å²) in [5, 5.41) is 25.4. The van der Waals surface area contributed by atoms with Crippen LogP contribution >= 0.6 is 0 Å². The van der Waals surface area contributed by atoms with Crippen molar-refractivity contribution in [3.8, 4) is 11.4 Å². The molecule has 0 amide bonds. The van der Waals surface area contributed by atoms with Crippen LogP contribution < -0.4 is 15.8 Å². The molecule has 1 aromatic heterocycles. The Morgan fingerprint density at radius 2 is 1.69 bits per heavy atom. The highest BCUT2D eigenvalue weighted by Crippen LogP contribution is 2.44. The maximum absolute atomic E-state index is 13.7. The number of aromatic amines is 1. The van der Waals surface area contributed by atoms with Crippen molar-refractivity contribution in [1.82, 2.24) is 31.3 Å². The van der Waals surface area contributed by atoms with E-state index < -0.39 is 26.7 Å². The number of nitrogens with zero attached hydrogens (tertiary/aromatic N) is 3. The highest BCUT2D eigenvalue weighted by Gasteiger charge is 2.40. The van der Waals surface area contributed by atoms with E-state index in [1.54, 1.807) is 0 Å². The van der Waals surface area contributed by atoms with Crippen LogP contribution in [0.3, 0.4) is 0 Å². The molecule has 2 fully saturated rings. The lowest BCUT2D eigenvalue weighted by Gasteiger charge is -2.34. The number of aromatic nitrogens is 4. The first-order valence-corrected chi connectivity index (χ1v) is 12.2. The minimum atomic E-state index is -4.91. The van der Waals surface area contributed by atoms with E-state index in [4.69, 9.17) is 5.14 Å². The number of nitrogens with two attached hydrogens (primary N) is 1. The maximum atomic E-state index is 13.7. The largest absolute Gasteiger partial charge is 0.417 e. The molecule has 13 heteroatoms. The van der Waals surface area contributed by atoms with Crippen LogP contribution in [0.5, 0.6) is 0 Å². The molecular weight excluding hydrogens is 447 g/mol. The molecule has 0 spiro atoms. The number of hydrogen-bond acceptors (Lipinski definition) is 7. The molecule has 176 valence electrons. The van der Waals surface area contributed by atoms with Gasteiger partial charge in [-0.05, 0) is 74.4 Å². The number of hydrogen-bond donors (Lipinski definition) is 4. The van der Waals surface area contributed by atoms with E-state index in [0.29, 0.717) is 30.5 Å². The van der Waals surface area contributed by atoms with Crippen LogP contribution in [0.1, 0.15) is 55.6 Å². The third kappa shape index (κ3) is 4.95. The zero-order valence-corrected chi connectivity index (χ0v) is 18.1. The van der Waals surface area contributed by atoms with Gasteiger partial charge in [0.25, 0.3) is 0 Å². The predicted octanol–water partition coefficient (Wildman–Crippen LogP) is 1.90. The summed E-state index contributed by atoms with van der Waals surface area (Å²) >= 11 is 0. The smallest absolute Gasteiger partial charge is 0.317 e. The summed E-state index contributed by atoms with van der Waals surface area (Å²) < 4.78 is 65.6. The van der Waals surface area contributed by atoms with Gasteiger partial charge in [-0.2, -0.15) is 18.4 Å². The van der Waals surface area contributed by atoms with Crippen LogP contribution in [-0.2, 0) is 16.2 Å². The highest BCUT2D eigenvalue weighted by atomic mass is 32.2. The van der Waals surface area contributed by atoms with Gasteiger partial charge in [-0.25, -0.2) is 13.6 Å². The van der Waals surface area contributed by atoms with Gasteiger partial charge >= 0.3 is 6.18 Å². The normalized spacial score (nSPS) is 23.4. The van der Waals surface area contributed by atoms with Gasteiger partial charge in [0.2, 0.25) is 15.8 Å². The molecule has 5 N–H and O–H groups in total. The Hall–Kier alpha value is -2.09. The molecular formula is C19H26F3N7O2S. The molecule has 1 saturated heterocycles. The molecule has 4 rings (SSSR count). The Morgan fingerprint density at radius 1 is 1.03 bits per heavy atom. The Balaban J connectivity index is 1.66. The average molecular weight is 474 g/mol. The number of nitrogens with one attached hydrogen (secondary N) is 3. The van der Waals surface area contributed by atoms with Crippen molar-refractivity contribution in [2.45, 2.75) is 67.6 Å². The summed E-state index contributed by atoms with van der Waals surface area (Å²) in [5.41, 5.74) is -1.10. The molecule has 2 aromatic rings. The van der Waals surface area contributed by atoms with Gasteiger partial charge in [0.05, 0.1) is 5.56 Å². The maximum Gasteiger partial charge on any atom is 0.417 e. The summed E-state index contributed by atoms with van der Waals surface area (Å²) in [6, 6.07) is 2.91. The van der Waals surface area contributed by atoms with E-state index in [2.05, 4.69) is 31.3 Å². The molecule has 0 atom stereocenters. The second-order valence-corrected chi connectivity index (χ2v) is 9.92. The van der Waals surface area contributed by atoms with Gasteiger partial charge in [0.15, 0.2) is 0 Å². The van der Waals surface area contributed by atoms with Gasteiger partial charge in [-0.15, -0.1) is 10.2 Å². The standard InChI is InChI=1S/C19H26F3N7O2S/c20-19(21,22)15-6-5-14(16(17(15)32(23,30)31)18-26-28-29-27-18)11-1-3-12(4-2-11)25-13-7-9-24-10-8-13/h5-6,11-13,24-25H,1-4,7-10H2,(H2,23,30,31)(H,26,27,28,29). The van der Waals surface area contributed by atoms with Crippen molar-refractivity contribution in [3.63, 3.8) is 0 Å². The third-order valence-corrected chi connectivity index (χ3v) is 7.32. The van der Waals surface area contributed by atoms with Crippen molar-refractivity contribution in [2.24, 2.45) is 5.14 Å². The van der Waals surface area contributed by atoms with Gasteiger partial charge < -0.3 is 10.6 Å².